The molecule has 0 radical (unpaired) electrons. The number of alkyl carbamates (subject to hydrolysis) is 1. The molecule has 37 heavy (non-hydrogen) atoms. The van der Waals surface area contributed by atoms with Crippen LogP contribution in [0.5, 0.6) is 0 Å². The van der Waals surface area contributed by atoms with Crippen LogP contribution in [0.15, 0.2) is 24.3 Å². The molecule has 0 aromatic heterocycles. The zero-order valence-corrected chi connectivity index (χ0v) is 24.4. The first-order valence-corrected chi connectivity index (χ1v) is 13.8. The maximum absolute atomic E-state index is 14.1. The summed E-state index contributed by atoms with van der Waals surface area (Å²) in [6.07, 6.45) is 2.36. The summed E-state index contributed by atoms with van der Waals surface area (Å²) in [6, 6.07) is 5.46. The quantitative estimate of drug-likeness (QED) is 0.412. The fourth-order valence-corrected chi connectivity index (χ4v) is 4.11. The number of methoxy groups -OCH3 is 1. The predicted molar refractivity (Wildman–Crippen MR) is 146 cm³/mol. The molecule has 0 aliphatic rings. The summed E-state index contributed by atoms with van der Waals surface area (Å²) in [7, 11) is 1.24. The Morgan fingerprint density at radius 3 is 2.08 bits per heavy atom. The van der Waals surface area contributed by atoms with Crippen molar-refractivity contribution in [3.8, 4) is 0 Å². The van der Waals surface area contributed by atoms with Gasteiger partial charge in [-0.15, -0.1) is 0 Å². The smallest absolute Gasteiger partial charge is 0.408 e. The fourth-order valence-electron chi connectivity index (χ4n) is 3.64. The molecule has 9 nitrogen and oxygen atoms in total. The van der Waals surface area contributed by atoms with Crippen molar-refractivity contribution in [3.63, 3.8) is 0 Å². The van der Waals surface area contributed by atoms with Gasteiger partial charge in [0.25, 0.3) is 0 Å². The van der Waals surface area contributed by atoms with Gasteiger partial charge in [-0.2, -0.15) is 11.8 Å². The number of benzene rings is 1. The van der Waals surface area contributed by atoms with Crippen LogP contribution in [0.3, 0.4) is 0 Å². The highest BCUT2D eigenvalue weighted by Gasteiger charge is 2.41. The average Bonchev–Trinajstić information content (AvgIpc) is 2.81. The van der Waals surface area contributed by atoms with Gasteiger partial charge < -0.3 is 25.0 Å². The van der Waals surface area contributed by atoms with E-state index in [1.54, 1.807) is 32.5 Å². The van der Waals surface area contributed by atoms with Crippen LogP contribution in [-0.2, 0) is 30.3 Å². The molecule has 208 valence electrons. The topological polar surface area (TPSA) is 114 Å². The van der Waals surface area contributed by atoms with E-state index in [1.807, 2.05) is 58.2 Å². The van der Waals surface area contributed by atoms with E-state index < -0.39 is 47.1 Å². The molecular weight excluding hydrogens is 494 g/mol. The SMILES string of the molecule is CCc1ccc(C(C(=O)NCC(=O)OC)N(C(=O)C(CCSC)NC(=O)OC(C)(C)C)C(C)(C)C)cc1. The Labute approximate surface area is 225 Å². The molecule has 1 aromatic carbocycles. The molecule has 0 spiro atoms. The molecule has 0 saturated carbocycles. The summed E-state index contributed by atoms with van der Waals surface area (Å²) in [5, 5.41) is 5.31. The number of thioether (sulfide) groups is 1. The van der Waals surface area contributed by atoms with Crippen molar-refractivity contribution in [1.82, 2.24) is 15.5 Å². The second-order valence-corrected chi connectivity index (χ2v) is 11.6. The molecule has 0 saturated heterocycles. The van der Waals surface area contributed by atoms with Crippen LogP contribution in [0.1, 0.15) is 72.1 Å². The Morgan fingerprint density at radius 2 is 1.62 bits per heavy atom. The number of amides is 3. The van der Waals surface area contributed by atoms with Gasteiger partial charge in [0.1, 0.15) is 24.2 Å². The van der Waals surface area contributed by atoms with Crippen molar-refractivity contribution in [2.24, 2.45) is 0 Å². The average molecular weight is 538 g/mol. The number of carbonyl (C=O) groups is 4. The van der Waals surface area contributed by atoms with E-state index in [4.69, 9.17) is 4.74 Å². The van der Waals surface area contributed by atoms with Crippen LogP contribution in [0.4, 0.5) is 4.79 Å². The lowest BCUT2D eigenvalue weighted by Crippen LogP contribution is -2.59. The maximum Gasteiger partial charge on any atom is 0.408 e. The Bertz CT molecular complexity index is 922. The highest BCUT2D eigenvalue weighted by Crippen LogP contribution is 2.31. The Kier molecular flexibility index (Phi) is 12.4. The monoisotopic (exact) mass is 537 g/mol. The van der Waals surface area contributed by atoms with Crippen LogP contribution < -0.4 is 10.6 Å². The molecule has 0 heterocycles. The zero-order chi connectivity index (χ0) is 28.4. The molecular formula is C27H43N3O6S. The minimum absolute atomic E-state index is 0.336. The van der Waals surface area contributed by atoms with Crippen molar-refractivity contribution in [2.45, 2.75) is 84.5 Å². The van der Waals surface area contributed by atoms with Crippen LogP contribution in [-0.4, -0.2) is 71.6 Å². The second kappa shape index (κ2) is 14.3. The van der Waals surface area contributed by atoms with Crippen LogP contribution in [0.2, 0.25) is 0 Å². The molecule has 3 amide bonds. The number of carbonyl (C=O) groups excluding carboxylic acids is 4. The summed E-state index contributed by atoms with van der Waals surface area (Å²) in [4.78, 5) is 53.5. The molecule has 0 fully saturated rings. The molecule has 2 N–H and O–H groups in total. The van der Waals surface area contributed by atoms with Crippen molar-refractivity contribution in [1.29, 1.82) is 0 Å². The maximum atomic E-state index is 14.1. The Balaban J connectivity index is 3.53. The summed E-state index contributed by atoms with van der Waals surface area (Å²) in [5.74, 6) is -0.954. The number of rotatable bonds is 11. The third-order valence-electron chi connectivity index (χ3n) is 5.40. The number of nitrogens with zero attached hydrogens (tertiary/aromatic N) is 1. The summed E-state index contributed by atoms with van der Waals surface area (Å²) in [6.45, 7) is 12.4. The van der Waals surface area contributed by atoms with Gasteiger partial charge >= 0.3 is 12.1 Å². The van der Waals surface area contributed by atoms with E-state index in [9.17, 15) is 19.2 Å². The van der Waals surface area contributed by atoms with E-state index in [2.05, 4.69) is 15.4 Å². The second-order valence-electron chi connectivity index (χ2n) is 10.7. The third-order valence-corrected chi connectivity index (χ3v) is 6.05. The molecule has 1 rings (SSSR count). The first kappa shape index (κ1) is 32.3. The molecule has 0 bridgehead atoms. The molecule has 0 aliphatic carbocycles. The van der Waals surface area contributed by atoms with Crippen LogP contribution in [0.25, 0.3) is 0 Å². The van der Waals surface area contributed by atoms with Crippen molar-refractivity contribution >= 4 is 35.6 Å². The first-order chi connectivity index (χ1) is 17.1. The van der Waals surface area contributed by atoms with Gasteiger partial charge in [0.05, 0.1) is 7.11 Å². The van der Waals surface area contributed by atoms with E-state index >= 15 is 0 Å². The standard InChI is InChI=1S/C27H43N3O6S/c1-10-18-11-13-19(14-12-18)22(23(32)28-17-21(31)35-8)30(26(2,3)4)24(33)20(15-16-37-9)29-25(34)36-27(5,6)7/h11-14,20,22H,10,15-17H2,1-9H3,(H,28,32)(H,29,34). The number of hydrogen-bond acceptors (Lipinski definition) is 7. The van der Waals surface area contributed by atoms with Gasteiger partial charge in [-0.1, -0.05) is 31.2 Å². The van der Waals surface area contributed by atoms with Crippen molar-refractivity contribution < 1.29 is 28.7 Å². The van der Waals surface area contributed by atoms with Crippen LogP contribution in [0, 0.1) is 0 Å². The van der Waals surface area contributed by atoms with E-state index in [0.717, 1.165) is 12.0 Å². The van der Waals surface area contributed by atoms with E-state index in [-0.39, 0.29) is 6.54 Å². The van der Waals surface area contributed by atoms with Crippen molar-refractivity contribution in [2.75, 3.05) is 25.7 Å². The summed E-state index contributed by atoms with van der Waals surface area (Å²) < 4.78 is 10.1. The first-order valence-electron chi connectivity index (χ1n) is 12.4. The van der Waals surface area contributed by atoms with Gasteiger partial charge in [-0.25, -0.2) is 4.79 Å². The zero-order valence-electron chi connectivity index (χ0n) is 23.6. The minimum atomic E-state index is -1.06. The Hall–Kier alpha value is -2.75. The van der Waals surface area contributed by atoms with Gasteiger partial charge in [0.2, 0.25) is 11.8 Å². The number of esters is 1. The minimum Gasteiger partial charge on any atom is -0.468 e. The molecule has 1 aromatic rings. The van der Waals surface area contributed by atoms with Gasteiger partial charge in [0.15, 0.2) is 0 Å². The number of aryl methyl sites for hydroxylation is 1. The molecule has 2 atom stereocenters. The lowest BCUT2D eigenvalue weighted by Gasteiger charge is -2.43. The molecule has 0 aliphatic heterocycles. The third kappa shape index (κ3) is 10.6. The Morgan fingerprint density at radius 1 is 1.03 bits per heavy atom. The lowest BCUT2D eigenvalue weighted by atomic mass is 9.94. The molecule has 10 heteroatoms. The molecule has 2 unspecified atom stereocenters. The number of hydrogen-bond donors (Lipinski definition) is 2. The normalized spacial score (nSPS) is 13.2. The largest absolute Gasteiger partial charge is 0.468 e. The van der Waals surface area contributed by atoms with E-state index in [0.29, 0.717) is 17.7 Å². The van der Waals surface area contributed by atoms with Crippen molar-refractivity contribution in [3.05, 3.63) is 35.4 Å². The van der Waals surface area contributed by atoms with Gasteiger partial charge in [0, 0.05) is 5.54 Å². The number of ether oxygens (including phenoxy) is 2. The highest BCUT2D eigenvalue weighted by molar-refractivity contribution is 7.98. The predicted octanol–water partition coefficient (Wildman–Crippen LogP) is 3.85. The lowest BCUT2D eigenvalue weighted by molar-refractivity contribution is -0.149. The van der Waals surface area contributed by atoms with E-state index in [1.165, 1.54) is 12.0 Å². The van der Waals surface area contributed by atoms with Gasteiger partial charge in [-0.3, -0.25) is 14.4 Å². The summed E-state index contributed by atoms with van der Waals surface area (Å²) >= 11 is 1.54. The summed E-state index contributed by atoms with van der Waals surface area (Å²) in [5.41, 5.74) is 0.110. The van der Waals surface area contributed by atoms with Gasteiger partial charge in [-0.05, 0) is 77.5 Å². The highest BCUT2D eigenvalue weighted by atomic mass is 32.2. The number of nitrogens with one attached hydrogen (secondary N) is 2. The fraction of sp³-hybridized carbons (Fsp3) is 0.630. The van der Waals surface area contributed by atoms with Crippen LogP contribution >= 0.6 is 11.8 Å².